The van der Waals surface area contributed by atoms with Gasteiger partial charge in [0.1, 0.15) is 12.4 Å². The lowest BCUT2D eigenvalue weighted by molar-refractivity contribution is -0.148. The van der Waals surface area contributed by atoms with Crippen molar-refractivity contribution in [3.63, 3.8) is 0 Å². The molecule has 0 bridgehead atoms. The molecule has 32 heavy (non-hydrogen) atoms. The average Bonchev–Trinajstić information content (AvgIpc) is 3.18. The third kappa shape index (κ3) is 4.70. The molecular weight excluding hydrogens is 415 g/mol. The maximum Gasteiger partial charge on any atom is 0.437 e. The number of hydrogen-bond donors (Lipinski definition) is 0. The minimum Gasteiger partial charge on any atom is -0.448 e. The first-order chi connectivity index (χ1) is 15.5. The number of carbonyl (C=O) groups is 2. The van der Waals surface area contributed by atoms with Gasteiger partial charge >= 0.3 is 11.7 Å². The molecule has 0 fully saturated rings. The highest BCUT2D eigenvalue weighted by molar-refractivity contribution is 6.00. The summed E-state index contributed by atoms with van der Waals surface area (Å²) in [6.07, 6.45) is -1.19. The molecule has 1 atom stereocenters. The fourth-order valence-corrected chi connectivity index (χ4v) is 3.06. The molecule has 4 rings (SSSR count). The Kier molecular flexibility index (Phi) is 6.03. The number of benzene rings is 3. The van der Waals surface area contributed by atoms with Gasteiger partial charge in [0.15, 0.2) is 6.10 Å². The highest BCUT2D eigenvalue weighted by Crippen LogP contribution is 2.23. The largest absolute Gasteiger partial charge is 0.448 e. The molecule has 0 saturated carbocycles. The van der Waals surface area contributed by atoms with Crippen LogP contribution in [-0.4, -0.2) is 21.5 Å². The molecule has 1 aromatic heterocycles. The summed E-state index contributed by atoms with van der Waals surface area (Å²) in [5.41, 5.74) is 1.25. The number of ketones is 1. The monoisotopic (exact) mass is 432 g/mol. The van der Waals surface area contributed by atoms with Crippen LogP contribution in [0.3, 0.4) is 0 Å². The van der Waals surface area contributed by atoms with Crippen molar-refractivity contribution in [1.29, 1.82) is 0 Å². The normalized spacial score (nSPS) is 11.7. The molecule has 0 aliphatic heterocycles. The van der Waals surface area contributed by atoms with Crippen molar-refractivity contribution in [2.24, 2.45) is 0 Å². The number of ether oxygens (including phenoxy) is 1. The van der Waals surface area contributed by atoms with Gasteiger partial charge in [0.05, 0.1) is 0 Å². The Hall–Kier alpha value is -4.33. The van der Waals surface area contributed by atoms with Gasteiger partial charge in [-0.05, 0) is 24.3 Å². The number of Topliss-reactive ketones (excluding diaryl/α,β-unsaturated/α-hetero) is 1. The summed E-state index contributed by atoms with van der Waals surface area (Å²) in [4.78, 5) is 37.7. The first-order valence-corrected chi connectivity index (χ1v) is 9.69. The van der Waals surface area contributed by atoms with Crippen molar-refractivity contribution in [1.82, 2.24) is 9.78 Å². The average molecular weight is 432 g/mol. The number of aromatic nitrogens is 2. The van der Waals surface area contributed by atoms with Crippen molar-refractivity contribution in [3.8, 4) is 11.5 Å². The Labute approximate surface area is 181 Å². The molecule has 0 N–H and O–H groups in total. The van der Waals surface area contributed by atoms with Gasteiger partial charge in [0.2, 0.25) is 11.7 Å². The second-order valence-electron chi connectivity index (χ2n) is 6.85. The topological polar surface area (TPSA) is 91.4 Å². The van der Waals surface area contributed by atoms with Crippen LogP contribution in [-0.2, 0) is 16.1 Å². The lowest BCUT2D eigenvalue weighted by atomic mass is 10.00. The molecule has 0 spiro atoms. The SMILES string of the molecule is O=C(Cn1nc(-c2ccc(F)cc2)oc1=O)OC(C(=O)c1ccccc1)c1ccccc1. The molecule has 0 aliphatic rings. The van der Waals surface area contributed by atoms with E-state index in [0.717, 1.165) is 4.68 Å². The Bertz CT molecular complexity index is 1280. The second kappa shape index (κ2) is 9.22. The van der Waals surface area contributed by atoms with E-state index in [-0.39, 0.29) is 5.89 Å². The molecule has 0 saturated heterocycles. The van der Waals surface area contributed by atoms with E-state index in [9.17, 15) is 18.8 Å². The van der Waals surface area contributed by atoms with Crippen molar-refractivity contribution in [3.05, 3.63) is 112 Å². The standard InChI is InChI=1S/C24H17FN2O5/c25-19-13-11-18(12-14-19)23-26-27(24(30)32-23)15-20(28)31-22(17-9-5-2-6-10-17)21(29)16-7-3-1-4-8-16/h1-14,22H,15H2. The molecule has 4 aromatic rings. The van der Waals surface area contributed by atoms with Gasteiger partial charge in [0.25, 0.3) is 0 Å². The zero-order valence-corrected chi connectivity index (χ0v) is 16.7. The van der Waals surface area contributed by atoms with Crippen LogP contribution in [0.4, 0.5) is 4.39 Å². The highest BCUT2D eigenvalue weighted by Gasteiger charge is 2.27. The quantitative estimate of drug-likeness (QED) is 0.326. The van der Waals surface area contributed by atoms with Gasteiger partial charge in [-0.1, -0.05) is 60.7 Å². The number of nitrogens with zero attached hydrogens (tertiary/aromatic N) is 2. The minimum absolute atomic E-state index is 0.0669. The highest BCUT2D eigenvalue weighted by atomic mass is 19.1. The number of rotatable bonds is 7. The summed E-state index contributed by atoms with van der Waals surface area (Å²) in [6, 6.07) is 22.2. The van der Waals surface area contributed by atoms with Gasteiger partial charge in [-0.15, -0.1) is 5.10 Å². The maximum atomic E-state index is 13.1. The summed E-state index contributed by atoms with van der Waals surface area (Å²) in [5.74, 6) is -2.64. The van der Waals surface area contributed by atoms with E-state index in [4.69, 9.17) is 9.15 Å². The van der Waals surface area contributed by atoms with Crippen LogP contribution >= 0.6 is 0 Å². The van der Waals surface area contributed by atoms with Gasteiger partial charge in [-0.25, -0.2) is 9.18 Å². The zero-order valence-electron chi connectivity index (χ0n) is 16.7. The van der Waals surface area contributed by atoms with E-state index in [0.29, 0.717) is 16.7 Å². The fourth-order valence-electron chi connectivity index (χ4n) is 3.06. The summed E-state index contributed by atoms with van der Waals surface area (Å²) < 4.78 is 24.4. The molecule has 160 valence electrons. The van der Waals surface area contributed by atoms with E-state index >= 15 is 0 Å². The maximum absolute atomic E-state index is 13.1. The Morgan fingerprint density at radius 2 is 1.56 bits per heavy atom. The predicted molar refractivity (Wildman–Crippen MR) is 112 cm³/mol. The van der Waals surface area contributed by atoms with Crippen LogP contribution in [0.15, 0.2) is 94.1 Å². The van der Waals surface area contributed by atoms with E-state index < -0.39 is 36.0 Å². The lowest BCUT2D eigenvalue weighted by Gasteiger charge is -2.17. The second-order valence-corrected chi connectivity index (χ2v) is 6.85. The first-order valence-electron chi connectivity index (χ1n) is 9.69. The summed E-state index contributed by atoms with van der Waals surface area (Å²) in [6.45, 7) is -0.561. The van der Waals surface area contributed by atoms with Crippen molar-refractivity contribution in [2.75, 3.05) is 0 Å². The fraction of sp³-hybridized carbons (Fsp3) is 0.0833. The molecule has 3 aromatic carbocycles. The number of halogens is 1. The Morgan fingerprint density at radius 1 is 0.938 bits per heavy atom. The third-order valence-electron chi connectivity index (χ3n) is 4.62. The summed E-state index contributed by atoms with van der Waals surface area (Å²) in [7, 11) is 0. The number of carbonyl (C=O) groups excluding carboxylic acids is 2. The molecular formula is C24H17FN2O5. The predicted octanol–water partition coefficient (Wildman–Crippen LogP) is 3.81. The number of hydrogen-bond acceptors (Lipinski definition) is 6. The molecule has 8 heteroatoms. The van der Waals surface area contributed by atoms with Crippen LogP contribution in [0.25, 0.3) is 11.5 Å². The van der Waals surface area contributed by atoms with E-state index in [1.807, 2.05) is 0 Å². The van der Waals surface area contributed by atoms with Gasteiger partial charge in [0, 0.05) is 16.7 Å². The smallest absolute Gasteiger partial charge is 0.437 e. The van der Waals surface area contributed by atoms with E-state index in [1.165, 1.54) is 24.3 Å². The van der Waals surface area contributed by atoms with Gasteiger partial charge in [-0.3, -0.25) is 9.59 Å². The first kappa shape index (κ1) is 20.9. The summed E-state index contributed by atoms with van der Waals surface area (Å²) in [5, 5.41) is 3.96. The third-order valence-corrected chi connectivity index (χ3v) is 4.62. The van der Waals surface area contributed by atoms with Crippen molar-refractivity contribution in [2.45, 2.75) is 12.6 Å². The molecule has 0 radical (unpaired) electrons. The van der Waals surface area contributed by atoms with Crippen LogP contribution in [0, 0.1) is 5.82 Å². The lowest BCUT2D eigenvalue weighted by Crippen LogP contribution is -2.26. The molecule has 1 unspecified atom stereocenters. The van der Waals surface area contributed by atoms with E-state index in [2.05, 4.69) is 5.10 Å². The molecule has 7 nitrogen and oxygen atoms in total. The van der Waals surface area contributed by atoms with Crippen molar-refractivity contribution >= 4 is 11.8 Å². The van der Waals surface area contributed by atoms with Crippen LogP contribution in [0.5, 0.6) is 0 Å². The van der Waals surface area contributed by atoms with Gasteiger partial charge < -0.3 is 9.15 Å². The Morgan fingerprint density at radius 3 is 2.22 bits per heavy atom. The van der Waals surface area contributed by atoms with Crippen LogP contribution < -0.4 is 5.76 Å². The summed E-state index contributed by atoms with van der Waals surface area (Å²) >= 11 is 0. The minimum atomic E-state index is -1.19. The van der Waals surface area contributed by atoms with Crippen LogP contribution in [0.1, 0.15) is 22.0 Å². The van der Waals surface area contributed by atoms with Crippen molar-refractivity contribution < 1.29 is 23.1 Å². The van der Waals surface area contributed by atoms with Crippen LogP contribution in [0.2, 0.25) is 0 Å². The van der Waals surface area contributed by atoms with Gasteiger partial charge in [-0.2, -0.15) is 4.68 Å². The zero-order chi connectivity index (χ0) is 22.5. The molecule has 0 aliphatic carbocycles. The van der Waals surface area contributed by atoms with E-state index in [1.54, 1.807) is 60.7 Å². The molecule has 0 amide bonds. The Balaban J connectivity index is 1.55. The number of esters is 1. The molecule has 1 heterocycles.